The van der Waals surface area contributed by atoms with E-state index in [1.54, 1.807) is 0 Å². The molecule has 1 amide bonds. The zero-order valence-electron chi connectivity index (χ0n) is 12.1. The number of nitrogens with one attached hydrogen (secondary N) is 1. The summed E-state index contributed by atoms with van der Waals surface area (Å²) in [6.07, 6.45) is 5.33. The first-order valence-corrected chi connectivity index (χ1v) is 7.15. The monoisotopic (exact) mass is 275 g/mol. The highest BCUT2D eigenvalue weighted by atomic mass is 16.2. The molecule has 1 aromatic rings. The molecule has 2 aliphatic rings. The van der Waals surface area contributed by atoms with Gasteiger partial charge in [0, 0.05) is 38.6 Å². The minimum Gasteiger partial charge on any atom is -0.353 e. The molecule has 3 rings (SSSR count). The Kier molecular flexibility index (Phi) is 3.33. The average Bonchev–Trinajstić information content (AvgIpc) is 2.47. The Morgan fingerprint density at radius 2 is 1.85 bits per heavy atom. The van der Waals surface area contributed by atoms with E-state index in [1.165, 1.54) is 0 Å². The summed E-state index contributed by atoms with van der Waals surface area (Å²) in [6.45, 7) is 5.30. The number of amides is 1. The molecule has 0 bridgehead atoms. The third kappa shape index (κ3) is 2.14. The van der Waals surface area contributed by atoms with Crippen molar-refractivity contribution in [2.24, 2.45) is 0 Å². The Morgan fingerprint density at radius 3 is 2.45 bits per heavy atom. The summed E-state index contributed by atoms with van der Waals surface area (Å²) in [5.41, 5.74) is 0.730. The van der Waals surface area contributed by atoms with Crippen molar-refractivity contribution in [3.8, 4) is 0 Å². The molecule has 1 aromatic heterocycles. The highest BCUT2D eigenvalue weighted by molar-refractivity contribution is 5.87. The Morgan fingerprint density at radius 1 is 1.20 bits per heavy atom. The normalized spacial score (nSPS) is 22.9. The molecule has 3 heterocycles. The first-order valence-electron chi connectivity index (χ1n) is 7.15. The van der Waals surface area contributed by atoms with E-state index in [9.17, 15) is 4.79 Å². The molecule has 0 radical (unpaired) electrons. The first kappa shape index (κ1) is 13.3. The molecule has 0 saturated carbocycles. The van der Waals surface area contributed by atoms with Gasteiger partial charge in [0.05, 0.1) is 0 Å². The molecular weight excluding hydrogens is 254 g/mol. The fourth-order valence-electron chi connectivity index (χ4n) is 3.12. The molecule has 2 saturated heterocycles. The average molecular weight is 275 g/mol. The van der Waals surface area contributed by atoms with Gasteiger partial charge in [0.2, 0.25) is 11.9 Å². The van der Waals surface area contributed by atoms with Crippen LogP contribution in [0.1, 0.15) is 18.4 Å². The molecule has 108 valence electrons. The largest absolute Gasteiger partial charge is 0.353 e. The second kappa shape index (κ2) is 5.01. The van der Waals surface area contributed by atoms with E-state index in [-0.39, 0.29) is 11.4 Å². The van der Waals surface area contributed by atoms with Gasteiger partial charge in [0.25, 0.3) is 0 Å². The van der Waals surface area contributed by atoms with Crippen molar-refractivity contribution in [1.82, 2.24) is 20.2 Å². The van der Waals surface area contributed by atoms with Crippen molar-refractivity contribution in [1.29, 1.82) is 0 Å². The van der Waals surface area contributed by atoms with Crippen LogP contribution in [0.3, 0.4) is 0 Å². The van der Waals surface area contributed by atoms with Gasteiger partial charge in [-0.2, -0.15) is 0 Å². The molecule has 1 spiro atoms. The number of carbonyl (C=O) groups excluding carboxylic acids is 1. The first-order chi connectivity index (χ1) is 9.62. The topological polar surface area (TPSA) is 61.4 Å². The summed E-state index contributed by atoms with van der Waals surface area (Å²) in [6, 6.07) is 0. The number of aromatic nitrogens is 2. The SMILES string of the molecule is Cc1cnc(N2CCC3(CC2)C(=O)NCCN3C)nc1. The van der Waals surface area contributed by atoms with Gasteiger partial charge in [-0.25, -0.2) is 9.97 Å². The van der Waals surface area contributed by atoms with Gasteiger partial charge in [0.15, 0.2) is 0 Å². The molecule has 0 aliphatic carbocycles. The van der Waals surface area contributed by atoms with Crippen LogP contribution in [0.2, 0.25) is 0 Å². The molecule has 0 aromatic carbocycles. The van der Waals surface area contributed by atoms with Crippen molar-refractivity contribution in [3.05, 3.63) is 18.0 Å². The predicted octanol–water partition coefficient (Wildman–Crippen LogP) is 0.186. The molecule has 2 aliphatic heterocycles. The fourth-order valence-corrected chi connectivity index (χ4v) is 3.12. The third-order valence-electron chi connectivity index (χ3n) is 4.53. The second-order valence-corrected chi connectivity index (χ2v) is 5.76. The number of hydrogen-bond donors (Lipinski definition) is 1. The van der Waals surface area contributed by atoms with Crippen LogP contribution in [0.5, 0.6) is 0 Å². The van der Waals surface area contributed by atoms with Crippen LogP contribution in [0.25, 0.3) is 0 Å². The van der Waals surface area contributed by atoms with Gasteiger partial charge in [0.1, 0.15) is 5.54 Å². The van der Waals surface area contributed by atoms with Gasteiger partial charge in [-0.05, 0) is 32.4 Å². The van der Waals surface area contributed by atoms with Crippen LogP contribution >= 0.6 is 0 Å². The van der Waals surface area contributed by atoms with Crippen LogP contribution < -0.4 is 10.2 Å². The number of hydrogen-bond acceptors (Lipinski definition) is 5. The van der Waals surface area contributed by atoms with Crippen molar-refractivity contribution >= 4 is 11.9 Å². The van der Waals surface area contributed by atoms with Crippen LogP contribution in [-0.2, 0) is 4.79 Å². The number of aryl methyl sites for hydroxylation is 1. The molecule has 2 fully saturated rings. The van der Waals surface area contributed by atoms with Crippen LogP contribution in [0.4, 0.5) is 5.95 Å². The number of carbonyl (C=O) groups is 1. The van der Waals surface area contributed by atoms with Crippen LogP contribution in [0.15, 0.2) is 12.4 Å². The lowest BCUT2D eigenvalue weighted by Crippen LogP contribution is -2.67. The molecule has 0 unspecified atom stereocenters. The zero-order chi connectivity index (χ0) is 14.2. The maximum Gasteiger partial charge on any atom is 0.240 e. The smallest absolute Gasteiger partial charge is 0.240 e. The van der Waals surface area contributed by atoms with E-state index in [0.717, 1.165) is 50.5 Å². The van der Waals surface area contributed by atoms with E-state index in [0.29, 0.717) is 0 Å². The van der Waals surface area contributed by atoms with E-state index in [2.05, 4.69) is 32.1 Å². The molecular formula is C14H21N5O. The van der Waals surface area contributed by atoms with Crippen molar-refractivity contribution < 1.29 is 4.79 Å². The lowest BCUT2D eigenvalue weighted by Gasteiger charge is -2.48. The van der Waals surface area contributed by atoms with Crippen LogP contribution in [0, 0.1) is 6.92 Å². The molecule has 6 heteroatoms. The Hall–Kier alpha value is -1.69. The lowest BCUT2D eigenvalue weighted by molar-refractivity contribution is -0.137. The maximum atomic E-state index is 12.3. The minimum absolute atomic E-state index is 0.177. The Balaban J connectivity index is 1.72. The van der Waals surface area contributed by atoms with Crippen molar-refractivity contribution in [3.63, 3.8) is 0 Å². The summed E-state index contributed by atoms with van der Waals surface area (Å²) in [5, 5.41) is 3.00. The second-order valence-electron chi connectivity index (χ2n) is 5.76. The summed E-state index contributed by atoms with van der Waals surface area (Å²) >= 11 is 0. The van der Waals surface area contributed by atoms with Gasteiger partial charge in [-0.1, -0.05) is 0 Å². The van der Waals surface area contributed by atoms with Gasteiger partial charge < -0.3 is 10.2 Å². The highest BCUT2D eigenvalue weighted by Gasteiger charge is 2.46. The van der Waals surface area contributed by atoms with E-state index in [4.69, 9.17) is 0 Å². The van der Waals surface area contributed by atoms with Gasteiger partial charge >= 0.3 is 0 Å². The Bertz CT molecular complexity index is 493. The fraction of sp³-hybridized carbons (Fsp3) is 0.643. The summed E-state index contributed by atoms with van der Waals surface area (Å²) < 4.78 is 0. The van der Waals surface area contributed by atoms with E-state index < -0.39 is 0 Å². The number of rotatable bonds is 1. The summed E-state index contributed by atoms with van der Waals surface area (Å²) in [7, 11) is 2.05. The number of nitrogens with zero attached hydrogens (tertiary/aromatic N) is 4. The predicted molar refractivity (Wildman–Crippen MR) is 76.6 cm³/mol. The molecule has 20 heavy (non-hydrogen) atoms. The van der Waals surface area contributed by atoms with Crippen molar-refractivity contribution in [2.45, 2.75) is 25.3 Å². The van der Waals surface area contributed by atoms with Gasteiger partial charge in [-0.3, -0.25) is 9.69 Å². The highest BCUT2D eigenvalue weighted by Crippen LogP contribution is 2.31. The summed E-state index contributed by atoms with van der Waals surface area (Å²) in [5.74, 6) is 0.944. The molecule has 6 nitrogen and oxygen atoms in total. The molecule has 1 N–H and O–H groups in total. The quantitative estimate of drug-likeness (QED) is 0.792. The number of anilines is 1. The maximum absolute atomic E-state index is 12.3. The number of piperidine rings is 1. The van der Waals surface area contributed by atoms with E-state index in [1.807, 2.05) is 19.3 Å². The number of likely N-dealkylation sites (N-methyl/N-ethyl adjacent to an activating group) is 1. The van der Waals surface area contributed by atoms with E-state index >= 15 is 0 Å². The van der Waals surface area contributed by atoms with Crippen LogP contribution in [-0.4, -0.2) is 59.5 Å². The Labute approximate surface area is 119 Å². The third-order valence-corrected chi connectivity index (χ3v) is 4.53. The van der Waals surface area contributed by atoms with Gasteiger partial charge in [-0.15, -0.1) is 0 Å². The summed E-state index contributed by atoms with van der Waals surface area (Å²) in [4.78, 5) is 25.4. The van der Waals surface area contributed by atoms with Crippen molar-refractivity contribution in [2.75, 3.05) is 38.1 Å². The standard InChI is InChI=1S/C14H21N5O/c1-11-9-16-13(17-10-11)19-6-3-14(4-7-19)12(20)15-5-8-18(14)2/h9-10H,3-8H2,1-2H3,(H,15,20). The number of piperazine rings is 1. The minimum atomic E-state index is -0.334. The molecule has 0 atom stereocenters. The lowest BCUT2D eigenvalue weighted by atomic mass is 9.83. The zero-order valence-corrected chi connectivity index (χ0v) is 12.1.